The zero-order valence-corrected chi connectivity index (χ0v) is 13.7. The van der Waals surface area contributed by atoms with E-state index in [1.54, 1.807) is 4.31 Å². The first-order valence-electron chi connectivity index (χ1n) is 8.01. The van der Waals surface area contributed by atoms with Crippen LogP contribution in [0, 0.1) is 0 Å². The molecule has 0 aromatic carbocycles. The molecular weight excluding hydrogens is 292 g/mol. The Bertz CT molecular complexity index is 401. The molecule has 2 rings (SSSR count). The molecule has 0 amide bonds. The highest BCUT2D eigenvalue weighted by molar-refractivity contribution is 7.89. The molecule has 0 aromatic heterocycles. The number of rotatable bonds is 7. The maximum atomic E-state index is 12.5. The van der Waals surface area contributed by atoms with Gasteiger partial charge in [0, 0.05) is 26.2 Å². The van der Waals surface area contributed by atoms with Gasteiger partial charge in [-0.05, 0) is 45.7 Å². The number of aliphatic hydroxyl groups excluding tert-OH is 1. The summed E-state index contributed by atoms with van der Waals surface area (Å²) in [4.78, 5) is 2.14. The summed E-state index contributed by atoms with van der Waals surface area (Å²) in [6, 6.07) is 0. The first kappa shape index (κ1) is 17.1. The van der Waals surface area contributed by atoms with Gasteiger partial charge in [-0.3, -0.25) is 0 Å². The lowest BCUT2D eigenvalue weighted by molar-refractivity contribution is 0.0180. The molecule has 2 heterocycles. The largest absolute Gasteiger partial charge is 0.389 e. The van der Waals surface area contributed by atoms with E-state index in [-0.39, 0.29) is 5.25 Å². The lowest BCUT2D eigenvalue weighted by Gasteiger charge is -2.34. The Hall–Kier alpha value is -0.210. The van der Waals surface area contributed by atoms with Crippen molar-refractivity contribution in [3.05, 3.63) is 0 Å². The van der Waals surface area contributed by atoms with Crippen LogP contribution >= 0.6 is 0 Å². The molecule has 124 valence electrons. The van der Waals surface area contributed by atoms with E-state index in [1.165, 1.54) is 0 Å². The van der Waals surface area contributed by atoms with Gasteiger partial charge in [-0.15, -0.1) is 0 Å². The first-order chi connectivity index (χ1) is 10.0. The van der Waals surface area contributed by atoms with Crippen LogP contribution in [0.25, 0.3) is 0 Å². The van der Waals surface area contributed by atoms with Crippen molar-refractivity contribution in [3.63, 3.8) is 0 Å². The Morgan fingerprint density at radius 3 is 2.38 bits per heavy atom. The van der Waals surface area contributed by atoms with Gasteiger partial charge in [-0.25, -0.2) is 12.7 Å². The molecule has 0 spiro atoms. The highest BCUT2D eigenvalue weighted by Crippen LogP contribution is 2.24. The summed E-state index contributed by atoms with van der Waals surface area (Å²) in [5, 5.41) is 9.60. The molecule has 21 heavy (non-hydrogen) atoms. The number of nitrogens with zero attached hydrogens (tertiary/aromatic N) is 2. The van der Waals surface area contributed by atoms with Crippen molar-refractivity contribution < 1.29 is 18.3 Å². The maximum Gasteiger partial charge on any atom is 0.217 e. The lowest BCUT2D eigenvalue weighted by Crippen LogP contribution is -2.46. The minimum Gasteiger partial charge on any atom is -0.389 e. The molecule has 2 aliphatic heterocycles. The second-order valence-electron chi connectivity index (χ2n) is 5.96. The summed E-state index contributed by atoms with van der Waals surface area (Å²) in [7, 11) is -3.11. The van der Waals surface area contributed by atoms with Crippen molar-refractivity contribution in [1.82, 2.24) is 9.21 Å². The Kier molecular flexibility index (Phi) is 6.43. The van der Waals surface area contributed by atoms with Gasteiger partial charge in [0.15, 0.2) is 0 Å². The molecule has 0 radical (unpaired) electrons. The quantitative estimate of drug-likeness (QED) is 0.729. The standard InChI is InChI=1S/C14H28N2O4S/c1-2-20-12-13(17)11-15-9-5-14(6-10-15)21(18,19)16-7-3-4-8-16/h13-14,17H,2-12H2,1H3. The summed E-state index contributed by atoms with van der Waals surface area (Å²) in [6.07, 6.45) is 2.82. The number of piperidine rings is 1. The molecule has 2 saturated heterocycles. The average Bonchev–Trinajstić information content (AvgIpc) is 3.00. The maximum absolute atomic E-state index is 12.5. The highest BCUT2D eigenvalue weighted by Gasteiger charge is 2.35. The van der Waals surface area contributed by atoms with Gasteiger partial charge in [0.1, 0.15) is 0 Å². The van der Waals surface area contributed by atoms with Crippen LogP contribution in [0.2, 0.25) is 0 Å². The number of sulfonamides is 1. The Balaban J connectivity index is 1.77. The van der Waals surface area contributed by atoms with E-state index >= 15 is 0 Å². The minimum absolute atomic E-state index is 0.240. The molecule has 6 nitrogen and oxygen atoms in total. The predicted octanol–water partition coefficient (Wildman–Crippen LogP) is 0.274. The molecule has 7 heteroatoms. The monoisotopic (exact) mass is 320 g/mol. The van der Waals surface area contributed by atoms with Crippen LogP contribution in [0.3, 0.4) is 0 Å². The number of hydrogen-bond donors (Lipinski definition) is 1. The van der Waals surface area contributed by atoms with E-state index in [0.29, 0.717) is 45.7 Å². The fraction of sp³-hybridized carbons (Fsp3) is 1.00. The normalized spacial score (nSPS) is 24.5. The Labute approximate surface area is 128 Å². The summed E-state index contributed by atoms with van der Waals surface area (Å²) in [5.41, 5.74) is 0. The molecule has 0 saturated carbocycles. The van der Waals surface area contributed by atoms with Crippen LogP contribution in [0.5, 0.6) is 0 Å². The van der Waals surface area contributed by atoms with Crippen molar-refractivity contribution in [2.75, 3.05) is 45.9 Å². The van der Waals surface area contributed by atoms with Gasteiger partial charge >= 0.3 is 0 Å². The molecule has 0 aliphatic carbocycles. The lowest BCUT2D eigenvalue weighted by atomic mass is 10.1. The van der Waals surface area contributed by atoms with E-state index < -0.39 is 16.1 Å². The SMILES string of the molecule is CCOCC(O)CN1CCC(S(=O)(=O)N2CCCC2)CC1. The summed E-state index contributed by atoms with van der Waals surface area (Å²) in [6.45, 7) is 6.28. The van der Waals surface area contributed by atoms with Gasteiger partial charge in [-0.2, -0.15) is 0 Å². The van der Waals surface area contributed by atoms with Crippen LogP contribution in [0.4, 0.5) is 0 Å². The highest BCUT2D eigenvalue weighted by atomic mass is 32.2. The molecule has 1 atom stereocenters. The number of ether oxygens (including phenoxy) is 1. The van der Waals surface area contributed by atoms with Crippen molar-refractivity contribution >= 4 is 10.0 Å². The van der Waals surface area contributed by atoms with Crippen LogP contribution in [-0.2, 0) is 14.8 Å². The van der Waals surface area contributed by atoms with Gasteiger partial charge in [0.2, 0.25) is 10.0 Å². The van der Waals surface area contributed by atoms with Crippen LogP contribution in [0.15, 0.2) is 0 Å². The molecule has 1 N–H and O–H groups in total. The first-order valence-corrected chi connectivity index (χ1v) is 9.51. The molecule has 0 aromatic rings. The molecular formula is C14H28N2O4S. The third-order valence-electron chi connectivity index (χ3n) is 4.36. The van der Waals surface area contributed by atoms with Gasteiger partial charge in [-0.1, -0.05) is 0 Å². The van der Waals surface area contributed by atoms with E-state index in [0.717, 1.165) is 25.9 Å². The molecule has 2 fully saturated rings. The van der Waals surface area contributed by atoms with Crippen molar-refractivity contribution in [1.29, 1.82) is 0 Å². The van der Waals surface area contributed by atoms with E-state index in [4.69, 9.17) is 4.74 Å². The number of hydrogen-bond acceptors (Lipinski definition) is 5. The van der Waals surface area contributed by atoms with E-state index in [2.05, 4.69) is 4.90 Å². The fourth-order valence-electron chi connectivity index (χ4n) is 3.15. The van der Waals surface area contributed by atoms with Gasteiger partial charge in [0.05, 0.1) is 18.0 Å². The van der Waals surface area contributed by atoms with Crippen molar-refractivity contribution in [2.24, 2.45) is 0 Å². The topological polar surface area (TPSA) is 70.1 Å². The van der Waals surface area contributed by atoms with E-state index in [9.17, 15) is 13.5 Å². The zero-order valence-electron chi connectivity index (χ0n) is 12.9. The number of aliphatic hydroxyl groups is 1. The summed E-state index contributed by atoms with van der Waals surface area (Å²) < 4.78 is 31.9. The summed E-state index contributed by atoms with van der Waals surface area (Å²) in [5.74, 6) is 0. The molecule has 2 aliphatic rings. The third kappa shape index (κ3) is 4.63. The van der Waals surface area contributed by atoms with E-state index in [1.807, 2.05) is 6.92 Å². The minimum atomic E-state index is -3.11. The van der Waals surface area contributed by atoms with Crippen LogP contribution in [0.1, 0.15) is 32.6 Å². The Morgan fingerprint density at radius 1 is 1.19 bits per heavy atom. The van der Waals surface area contributed by atoms with Gasteiger partial charge in [0.25, 0.3) is 0 Å². The predicted molar refractivity (Wildman–Crippen MR) is 81.7 cm³/mol. The van der Waals surface area contributed by atoms with Crippen LogP contribution < -0.4 is 0 Å². The second-order valence-corrected chi connectivity index (χ2v) is 8.18. The Morgan fingerprint density at radius 2 is 1.81 bits per heavy atom. The smallest absolute Gasteiger partial charge is 0.217 e. The molecule has 0 bridgehead atoms. The number of β-amino-alcohol motifs (C(OH)–C–C–N with tert-alkyl or cyclic N) is 1. The van der Waals surface area contributed by atoms with Crippen molar-refractivity contribution in [2.45, 2.75) is 44.0 Å². The zero-order chi connectivity index (χ0) is 15.3. The molecule has 1 unspecified atom stereocenters. The fourth-order valence-corrected chi connectivity index (χ4v) is 5.14. The average molecular weight is 320 g/mol. The second kappa shape index (κ2) is 7.87. The number of likely N-dealkylation sites (tertiary alicyclic amines) is 1. The summed E-state index contributed by atoms with van der Waals surface area (Å²) >= 11 is 0. The van der Waals surface area contributed by atoms with Crippen molar-refractivity contribution in [3.8, 4) is 0 Å². The third-order valence-corrected chi connectivity index (χ3v) is 6.76. The van der Waals surface area contributed by atoms with Crippen LogP contribution in [-0.4, -0.2) is 80.0 Å². The van der Waals surface area contributed by atoms with Gasteiger partial charge < -0.3 is 14.7 Å².